The minimum Gasteiger partial charge on any atom is -0.468 e. The number of fused-ring (bicyclic) bond motifs is 1. The summed E-state index contributed by atoms with van der Waals surface area (Å²) in [5.74, 6) is 1.48. The molecule has 0 bridgehead atoms. The predicted molar refractivity (Wildman–Crippen MR) is 81.6 cm³/mol. The van der Waals surface area contributed by atoms with Crippen LogP contribution in [0.2, 0.25) is 0 Å². The number of ether oxygens (including phenoxy) is 1. The monoisotopic (exact) mass is 299 g/mol. The van der Waals surface area contributed by atoms with Crippen molar-refractivity contribution in [3.63, 3.8) is 0 Å². The van der Waals surface area contributed by atoms with Crippen molar-refractivity contribution in [1.82, 2.24) is 14.9 Å². The third-order valence-electron chi connectivity index (χ3n) is 4.69. The summed E-state index contributed by atoms with van der Waals surface area (Å²) in [5.41, 5.74) is 3.81. The summed E-state index contributed by atoms with van der Waals surface area (Å²) in [7, 11) is 0. The van der Waals surface area contributed by atoms with Gasteiger partial charge in [0.05, 0.1) is 25.1 Å². The standard InChI is InChI=1S/C17H21N3O2/c1-2-14(22-8-1)10-20-6-3-15-16(4-7-20)18-12-19-17(15)13-5-9-21-11-13/h1-2,8,12-13H,3-7,9-11H2. The molecule has 4 rings (SSSR count). The Morgan fingerprint density at radius 2 is 2.18 bits per heavy atom. The molecule has 1 saturated heterocycles. The van der Waals surface area contributed by atoms with Crippen molar-refractivity contribution in [2.24, 2.45) is 0 Å². The summed E-state index contributed by atoms with van der Waals surface area (Å²) in [5, 5.41) is 0. The smallest absolute Gasteiger partial charge is 0.117 e. The predicted octanol–water partition coefficient (Wildman–Crippen LogP) is 2.17. The Bertz CT molecular complexity index is 621. The van der Waals surface area contributed by atoms with Crippen LogP contribution >= 0.6 is 0 Å². The van der Waals surface area contributed by atoms with E-state index >= 15 is 0 Å². The van der Waals surface area contributed by atoms with Crippen molar-refractivity contribution in [2.75, 3.05) is 26.3 Å². The van der Waals surface area contributed by atoms with Crippen LogP contribution < -0.4 is 0 Å². The van der Waals surface area contributed by atoms with Crippen LogP contribution in [0.15, 0.2) is 29.1 Å². The fraction of sp³-hybridized carbons (Fsp3) is 0.529. The molecule has 1 atom stereocenters. The minimum absolute atomic E-state index is 0.452. The number of aromatic nitrogens is 2. The van der Waals surface area contributed by atoms with E-state index in [1.807, 2.05) is 12.1 Å². The van der Waals surface area contributed by atoms with E-state index in [9.17, 15) is 0 Å². The van der Waals surface area contributed by atoms with Gasteiger partial charge in [-0.2, -0.15) is 0 Å². The van der Waals surface area contributed by atoms with Crippen molar-refractivity contribution >= 4 is 0 Å². The van der Waals surface area contributed by atoms with E-state index in [1.54, 1.807) is 12.6 Å². The Balaban J connectivity index is 1.52. The summed E-state index contributed by atoms with van der Waals surface area (Å²) < 4.78 is 11.0. The van der Waals surface area contributed by atoms with E-state index in [0.29, 0.717) is 5.92 Å². The van der Waals surface area contributed by atoms with Crippen LogP contribution in [0.25, 0.3) is 0 Å². The maximum atomic E-state index is 5.54. The highest BCUT2D eigenvalue weighted by Gasteiger charge is 2.26. The second-order valence-electron chi connectivity index (χ2n) is 6.10. The highest BCUT2D eigenvalue weighted by molar-refractivity contribution is 5.30. The lowest BCUT2D eigenvalue weighted by Crippen LogP contribution is -2.25. The van der Waals surface area contributed by atoms with Gasteiger partial charge in [0.2, 0.25) is 0 Å². The molecule has 0 saturated carbocycles. The first-order valence-electron chi connectivity index (χ1n) is 8.05. The lowest BCUT2D eigenvalue weighted by Gasteiger charge is -2.18. The van der Waals surface area contributed by atoms with Gasteiger partial charge in [-0.05, 0) is 30.5 Å². The van der Waals surface area contributed by atoms with Gasteiger partial charge >= 0.3 is 0 Å². The average molecular weight is 299 g/mol. The molecule has 116 valence electrons. The molecule has 2 aromatic heterocycles. The van der Waals surface area contributed by atoms with Crippen molar-refractivity contribution in [1.29, 1.82) is 0 Å². The molecule has 4 heterocycles. The highest BCUT2D eigenvalue weighted by atomic mass is 16.5. The molecule has 0 spiro atoms. The zero-order valence-electron chi connectivity index (χ0n) is 12.7. The normalized spacial score (nSPS) is 22.5. The van der Waals surface area contributed by atoms with Crippen molar-refractivity contribution in [3.05, 3.63) is 47.4 Å². The van der Waals surface area contributed by atoms with Gasteiger partial charge in [-0.15, -0.1) is 0 Å². The molecular formula is C17H21N3O2. The molecule has 0 radical (unpaired) electrons. The number of hydrogen-bond donors (Lipinski definition) is 0. The molecular weight excluding hydrogens is 278 g/mol. The third-order valence-corrected chi connectivity index (χ3v) is 4.69. The maximum Gasteiger partial charge on any atom is 0.117 e. The molecule has 0 aliphatic carbocycles. The van der Waals surface area contributed by atoms with E-state index < -0.39 is 0 Å². The van der Waals surface area contributed by atoms with Gasteiger partial charge in [0.25, 0.3) is 0 Å². The summed E-state index contributed by atoms with van der Waals surface area (Å²) in [4.78, 5) is 11.6. The minimum atomic E-state index is 0.452. The first-order valence-corrected chi connectivity index (χ1v) is 8.05. The number of rotatable bonds is 3. The van der Waals surface area contributed by atoms with E-state index in [-0.39, 0.29) is 0 Å². The molecule has 2 aromatic rings. The Morgan fingerprint density at radius 1 is 1.23 bits per heavy atom. The SMILES string of the molecule is c1coc(CN2CCc3ncnc(C4CCOC4)c3CC2)c1. The van der Waals surface area contributed by atoms with Crippen molar-refractivity contribution in [3.8, 4) is 0 Å². The summed E-state index contributed by atoms with van der Waals surface area (Å²) in [6.07, 6.45) is 6.56. The highest BCUT2D eigenvalue weighted by Crippen LogP contribution is 2.29. The van der Waals surface area contributed by atoms with Crippen LogP contribution in [0.1, 0.15) is 35.1 Å². The molecule has 1 unspecified atom stereocenters. The van der Waals surface area contributed by atoms with E-state index in [4.69, 9.17) is 9.15 Å². The molecule has 0 amide bonds. The van der Waals surface area contributed by atoms with Crippen LogP contribution in [0.5, 0.6) is 0 Å². The molecule has 2 aliphatic rings. The number of hydrogen-bond acceptors (Lipinski definition) is 5. The van der Waals surface area contributed by atoms with Crippen molar-refractivity contribution in [2.45, 2.75) is 31.7 Å². The fourth-order valence-electron chi connectivity index (χ4n) is 3.48. The quantitative estimate of drug-likeness (QED) is 0.869. The van der Waals surface area contributed by atoms with Gasteiger partial charge in [-0.3, -0.25) is 4.90 Å². The van der Waals surface area contributed by atoms with E-state index in [0.717, 1.165) is 57.9 Å². The Morgan fingerprint density at radius 3 is 3.00 bits per heavy atom. The topological polar surface area (TPSA) is 51.4 Å². The largest absolute Gasteiger partial charge is 0.468 e. The molecule has 5 nitrogen and oxygen atoms in total. The molecule has 1 fully saturated rings. The van der Waals surface area contributed by atoms with Crippen LogP contribution in [-0.4, -0.2) is 41.2 Å². The Kier molecular flexibility index (Phi) is 3.91. The van der Waals surface area contributed by atoms with Gasteiger partial charge in [-0.1, -0.05) is 0 Å². The first kappa shape index (κ1) is 13.9. The zero-order chi connectivity index (χ0) is 14.8. The van der Waals surface area contributed by atoms with Gasteiger partial charge in [0.15, 0.2) is 0 Å². The molecule has 0 N–H and O–H groups in total. The lowest BCUT2D eigenvalue weighted by atomic mass is 9.96. The molecule has 2 aliphatic heterocycles. The summed E-state index contributed by atoms with van der Waals surface area (Å²) in [6.45, 7) is 4.58. The Labute approximate surface area is 130 Å². The van der Waals surface area contributed by atoms with Gasteiger partial charge in [-0.25, -0.2) is 9.97 Å². The second kappa shape index (κ2) is 6.18. The van der Waals surface area contributed by atoms with Gasteiger partial charge in [0.1, 0.15) is 12.1 Å². The zero-order valence-corrected chi connectivity index (χ0v) is 12.7. The second-order valence-corrected chi connectivity index (χ2v) is 6.10. The lowest BCUT2D eigenvalue weighted by molar-refractivity contribution is 0.193. The number of furan rings is 1. The average Bonchev–Trinajstić information content (AvgIpc) is 3.20. The van der Waals surface area contributed by atoms with E-state index in [2.05, 4.69) is 14.9 Å². The van der Waals surface area contributed by atoms with Crippen LogP contribution in [0, 0.1) is 0 Å². The summed E-state index contributed by atoms with van der Waals surface area (Å²) >= 11 is 0. The van der Waals surface area contributed by atoms with Crippen molar-refractivity contribution < 1.29 is 9.15 Å². The van der Waals surface area contributed by atoms with Crippen LogP contribution in [0.3, 0.4) is 0 Å². The maximum absolute atomic E-state index is 5.54. The fourth-order valence-corrected chi connectivity index (χ4v) is 3.48. The summed E-state index contributed by atoms with van der Waals surface area (Å²) in [6, 6.07) is 3.99. The third kappa shape index (κ3) is 2.78. The molecule has 5 heteroatoms. The van der Waals surface area contributed by atoms with Gasteiger partial charge < -0.3 is 9.15 Å². The van der Waals surface area contributed by atoms with Crippen LogP contribution in [-0.2, 0) is 24.1 Å². The molecule has 22 heavy (non-hydrogen) atoms. The first-order chi connectivity index (χ1) is 10.9. The molecule has 0 aromatic carbocycles. The Hall–Kier alpha value is -1.72. The van der Waals surface area contributed by atoms with Gasteiger partial charge in [0, 0.05) is 37.7 Å². The van der Waals surface area contributed by atoms with Crippen LogP contribution in [0.4, 0.5) is 0 Å². The van der Waals surface area contributed by atoms with E-state index in [1.165, 1.54) is 17.0 Å². The number of nitrogens with zero attached hydrogens (tertiary/aromatic N) is 3.